The molecule has 5 heteroatoms. The lowest BCUT2D eigenvalue weighted by atomic mass is 10.1. The molecule has 0 bridgehead atoms. The van der Waals surface area contributed by atoms with Crippen molar-refractivity contribution < 1.29 is 23.5 Å². The maximum Gasteiger partial charge on any atom is 0.205 e. The molecule has 166 valence electrons. The Kier molecular flexibility index (Phi) is 7.92. The Balaban J connectivity index is 1.92. The van der Waals surface area contributed by atoms with Gasteiger partial charge in [0.05, 0.1) is 28.4 Å². The van der Waals surface area contributed by atoms with E-state index in [0.717, 1.165) is 52.1 Å². The molecule has 0 saturated heterocycles. The number of pyridine rings is 1. The minimum atomic E-state index is 0.767. The van der Waals surface area contributed by atoms with Gasteiger partial charge in [-0.3, -0.25) is 0 Å². The molecule has 32 heavy (non-hydrogen) atoms. The quantitative estimate of drug-likeness (QED) is 0.426. The average molecular weight is 433 g/mol. The van der Waals surface area contributed by atoms with Crippen molar-refractivity contribution in [2.45, 2.75) is 13.5 Å². The first kappa shape index (κ1) is 22.9. The van der Waals surface area contributed by atoms with Gasteiger partial charge in [-0.2, -0.15) is 4.57 Å². The zero-order chi connectivity index (χ0) is 22.9. The molecule has 2 aromatic carbocycles. The molecule has 0 aliphatic carbocycles. The topological polar surface area (TPSA) is 40.8 Å². The van der Waals surface area contributed by atoms with Crippen molar-refractivity contribution in [2.75, 3.05) is 28.4 Å². The van der Waals surface area contributed by atoms with E-state index in [0.29, 0.717) is 0 Å². The van der Waals surface area contributed by atoms with Crippen LogP contribution in [0.25, 0.3) is 24.3 Å². The van der Waals surface area contributed by atoms with Crippen LogP contribution in [0.2, 0.25) is 0 Å². The monoisotopic (exact) mass is 432 g/mol. The lowest BCUT2D eigenvalue weighted by Crippen LogP contribution is -2.38. The molecular formula is C27H30NO4+. The van der Waals surface area contributed by atoms with Crippen LogP contribution in [0.4, 0.5) is 0 Å². The highest BCUT2D eigenvalue weighted by Gasteiger charge is 2.12. The predicted molar refractivity (Wildman–Crippen MR) is 129 cm³/mol. The molecule has 0 unspecified atom stereocenters. The number of benzene rings is 2. The first-order chi connectivity index (χ1) is 15.6. The van der Waals surface area contributed by atoms with Crippen LogP contribution in [-0.2, 0) is 6.54 Å². The smallest absolute Gasteiger partial charge is 0.205 e. The normalized spacial score (nSPS) is 11.2. The van der Waals surface area contributed by atoms with Crippen LogP contribution in [0, 0.1) is 0 Å². The third-order valence-corrected chi connectivity index (χ3v) is 5.22. The van der Waals surface area contributed by atoms with E-state index in [1.54, 1.807) is 28.4 Å². The second-order valence-electron chi connectivity index (χ2n) is 7.00. The Bertz CT molecular complexity index is 1030. The zero-order valence-corrected chi connectivity index (χ0v) is 19.3. The van der Waals surface area contributed by atoms with Crippen LogP contribution in [-0.4, -0.2) is 28.4 Å². The molecule has 5 nitrogen and oxygen atoms in total. The van der Waals surface area contributed by atoms with Crippen molar-refractivity contribution >= 4 is 24.3 Å². The van der Waals surface area contributed by atoms with Gasteiger partial charge >= 0.3 is 0 Å². The van der Waals surface area contributed by atoms with Crippen molar-refractivity contribution in [1.29, 1.82) is 0 Å². The summed E-state index contributed by atoms with van der Waals surface area (Å²) in [6.07, 6.45) is 8.30. The lowest BCUT2D eigenvalue weighted by molar-refractivity contribution is -0.696. The fourth-order valence-corrected chi connectivity index (χ4v) is 3.49. The van der Waals surface area contributed by atoms with Gasteiger partial charge in [-0.25, -0.2) is 0 Å². The highest BCUT2D eigenvalue weighted by molar-refractivity contribution is 5.73. The van der Waals surface area contributed by atoms with Gasteiger partial charge < -0.3 is 18.9 Å². The molecular weight excluding hydrogens is 402 g/mol. The van der Waals surface area contributed by atoms with Crippen LogP contribution < -0.4 is 23.5 Å². The second kappa shape index (κ2) is 11.0. The van der Waals surface area contributed by atoms with Gasteiger partial charge in [0, 0.05) is 47.5 Å². The minimum absolute atomic E-state index is 0.767. The summed E-state index contributed by atoms with van der Waals surface area (Å²) in [6, 6.07) is 17.9. The molecule has 0 saturated carbocycles. The van der Waals surface area contributed by atoms with Crippen LogP contribution in [0.15, 0.2) is 54.6 Å². The molecule has 1 aromatic heterocycles. The van der Waals surface area contributed by atoms with Gasteiger partial charge in [0.25, 0.3) is 0 Å². The van der Waals surface area contributed by atoms with E-state index in [-0.39, 0.29) is 0 Å². The summed E-state index contributed by atoms with van der Waals surface area (Å²) in [4.78, 5) is 0. The van der Waals surface area contributed by atoms with E-state index in [9.17, 15) is 0 Å². The third kappa shape index (κ3) is 5.30. The number of ether oxygens (including phenoxy) is 4. The number of hydrogen-bond acceptors (Lipinski definition) is 4. The molecule has 0 atom stereocenters. The summed E-state index contributed by atoms with van der Waals surface area (Å²) < 4.78 is 23.8. The number of nitrogens with zero attached hydrogens (tertiary/aromatic N) is 1. The molecule has 0 aliphatic heterocycles. The van der Waals surface area contributed by atoms with Gasteiger partial charge in [0.2, 0.25) is 11.4 Å². The summed E-state index contributed by atoms with van der Waals surface area (Å²) >= 11 is 0. The Morgan fingerprint density at radius 2 is 1.09 bits per heavy atom. The SMILES string of the molecule is CC[n+]1c(/C=C/c2ccc(OC)cc2OC)cccc1/C=C/c1ccc(OC)cc1OC. The number of methoxy groups -OCH3 is 4. The number of hydrogen-bond donors (Lipinski definition) is 0. The van der Waals surface area contributed by atoms with Crippen molar-refractivity contribution in [3.63, 3.8) is 0 Å². The van der Waals surface area contributed by atoms with Crippen LogP contribution in [0.1, 0.15) is 29.4 Å². The van der Waals surface area contributed by atoms with Gasteiger partial charge in [0.1, 0.15) is 29.5 Å². The highest BCUT2D eigenvalue weighted by atomic mass is 16.5. The summed E-state index contributed by atoms with van der Waals surface area (Å²) in [5, 5.41) is 0. The van der Waals surface area contributed by atoms with Gasteiger partial charge in [0.15, 0.2) is 0 Å². The standard InChI is InChI=1S/C27H30NO4/c1-6-28-22(14-10-20-12-16-24(29-2)18-26(20)31-4)8-7-9-23(28)15-11-21-13-17-25(30-3)19-27(21)32-5/h7-19H,6H2,1-5H3/q+1/b14-10+,15-11+. The first-order valence-electron chi connectivity index (χ1n) is 10.5. The van der Waals surface area contributed by atoms with Crippen LogP contribution >= 0.6 is 0 Å². The van der Waals surface area contributed by atoms with E-state index in [2.05, 4.69) is 54.0 Å². The number of aromatic nitrogens is 1. The van der Waals surface area contributed by atoms with Crippen LogP contribution in [0.3, 0.4) is 0 Å². The van der Waals surface area contributed by atoms with Gasteiger partial charge in [-0.1, -0.05) is 0 Å². The Labute approximate surface area is 190 Å². The molecule has 0 N–H and O–H groups in total. The zero-order valence-electron chi connectivity index (χ0n) is 19.3. The molecule has 0 aliphatic rings. The van der Waals surface area contributed by atoms with E-state index < -0.39 is 0 Å². The van der Waals surface area contributed by atoms with E-state index in [4.69, 9.17) is 18.9 Å². The molecule has 3 rings (SSSR count). The highest BCUT2D eigenvalue weighted by Crippen LogP contribution is 2.27. The van der Waals surface area contributed by atoms with Crippen molar-refractivity contribution in [2.24, 2.45) is 0 Å². The fraction of sp³-hybridized carbons (Fsp3) is 0.222. The summed E-state index contributed by atoms with van der Waals surface area (Å²) in [5.41, 5.74) is 4.16. The van der Waals surface area contributed by atoms with E-state index in [1.165, 1.54) is 0 Å². The third-order valence-electron chi connectivity index (χ3n) is 5.22. The van der Waals surface area contributed by atoms with E-state index >= 15 is 0 Å². The molecule has 3 aromatic rings. The second-order valence-corrected chi connectivity index (χ2v) is 7.00. The maximum absolute atomic E-state index is 5.51. The summed E-state index contributed by atoms with van der Waals surface area (Å²) in [6.45, 7) is 2.97. The van der Waals surface area contributed by atoms with E-state index in [1.807, 2.05) is 36.4 Å². The number of rotatable bonds is 9. The Morgan fingerprint density at radius 1 is 0.625 bits per heavy atom. The molecule has 1 heterocycles. The fourth-order valence-electron chi connectivity index (χ4n) is 3.49. The average Bonchev–Trinajstić information content (AvgIpc) is 2.85. The van der Waals surface area contributed by atoms with Crippen molar-refractivity contribution in [3.05, 3.63) is 77.1 Å². The minimum Gasteiger partial charge on any atom is -0.497 e. The predicted octanol–water partition coefficient (Wildman–Crippen LogP) is 5.37. The van der Waals surface area contributed by atoms with Crippen molar-refractivity contribution in [1.82, 2.24) is 0 Å². The largest absolute Gasteiger partial charge is 0.497 e. The summed E-state index contributed by atoms with van der Waals surface area (Å²) in [7, 11) is 6.62. The lowest BCUT2D eigenvalue weighted by Gasteiger charge is -2.08. The maximum atomic E-state index is 5.51. The summed E-state index contributed by atoms with van der Waals surface area (Å²) in [5.74, 6) is 3.07. The molecule has 0 amide bonds. The molecule has 0 radical (unpaired) electrons. The molecule has 0 spiro atoms. The van der Waals surface area contributed by atoms with Crippen molar-refractivity contribution in [3.8, 4) is 23.0 Å². The first-order valence-corrected chi connectivity index (χ1v) is 10.5. The van der Waals surface area contributed by atoms with Gasteiger partial charge in [-0.05, 0) is 49.4 Å². The molecule has 0 fully saturated rings. The van der Waals surface area contributed by atoms with Gasteiger partial charge in [-0.15, -0.1) is 0 Å². The van der Waals surface area contributed by atoms with Crippen LogP contribution in [0.5, 0.6) is 23.0 Å². The Hall–Kier alpha value is -3.73. The Morgan fingerprint density at radius 3 is 1.47 bits per heavy atom.